The Balaban J connectivity index is 2.41. The number of thiophene rings is 1. The molecular weight excluding hydrogens is 240 g/mol. The second-order valence-electron chi connectivity index (χ2n) is 4.62. The molecular formula is C15H20N2S. The number of benzene rings is 1. The van der Waals surface area contributed by atoms with E-state index in [9.17, 15) is 0 Å². The van der Waals surface area contributed by atoms with Crippen molar-refractivity contribution in [2.45, 2.75) is 33.2 Å². The molecule has 1 heterocycles. The second-order valence-corrected chi connectivity index (χ2v) is 5.82. The molecule has 0 saturated heterocycles. The highest BCUT2D eigenvalue weighted by Gasteiger charge is 2.16. The molecule has 0 amide bonds. The molecule has 0 aliphatic heterocycles. The van der Waals surface area contributed by atoms with Gasteiger partial charge in [0.05, 0.1) is 6.04 Å². The van der Waals surface area contributed by atoms with Crippen molar-refractivity contribution in [2.75, 3.05) is 0 Å². The normalized spacial score (nSPS) is 12.7. The fraction of sp³-hybridized carbons (Fsp3) is 0.333. The molecule has 0 saturated carbocycles. The van der Waals surface area contributed by atoms with Crippen LogP contribution in [0.3, 0.4) is 0 Å². The van der Waals surface area contributed by atoms with Crippen LogP contribution in [0.25, 0.3) is 0 Å². The van der Waals surface area contributed by atoms with E-state index in [2.05, 4.69) is 56.5 Å². The topological polar surface area (TPSA) is 38.0 Å². The van der Waals surface area contributed by atoms with Gasteiger partial charge in [0.25, 0.3) is 0 Å². The average Bonchev–Trinajstić information content (AvgIpc) is 2.83. The summed E-state index contributed by atoms with van der Waals surface area (Å²) >= 11 is 1.83. The fourth-order valence-electron chi connectivity index (χ4n) is 2.14. The lowest BCUT2D eigenvalue weighted by molar-refractivity contribution is 0.643. The lowest BCUT2D eigenvalue weighted by Crippen LogP contribution is -2.28. The standard InChI is InChI=1S/C15H20N2S/c1-4-12-7-8-14(18-12)15(17-16)13-9-10(2)5-6-11(13)3/h5-9,15,17H,4,16H2,1-3H3. The molecule has 1 aromatic carbocycles. The lowest BCUT2D eigenvalue weighted by atomic mass is 9.98. The van der Waals surface area contributed by atoms with Gasteiger partial charge >= 0.3 is 0 Å². The zero-order valence-corrected chi connectivity index (χ0v) is 12.0. The first-order valence-corrected chi connectivity index (χ1v) is 7.09. The number of nitrogens with two attached hydrogens (primary N) is 1. The van der Waals surface area contributed by atoms with Crippen LogP contribution in [0.1, 0.15) is 39.4 Å². The predicted molar refractivity (Wildman–Crippen MR) is 78.8 cm³/mol. The van der Waals surface area contributed by atoms with Crippen LogP contribution < -0.4 is 11.3 Å². The van der Waals surface area contributed by atoms with Gasteiger partial charge in [0.2, 0.25) is 0 Å². The van der Waals surface area contributed by atoms with Gasteiger partial charge in [-0.3, -0.25) is 5.84 Å². The van der Waals surface area contributed by atoms with Crippen molar-refractivity contribution in [3.05, 3.63) is 56.8 Å². The molecule has 0 fully saturated rings. The summed E-state index contributed by atoms with van der Waals surface area (Å²) in [6.45, 7) is 6.42. The summed E-state index contributed by atoms with van der Waals surface area (Å²) in [7, 11) is 0. The van der Waals surface area contributed by atoms with Crippen LogP contribution in [-0.4, -0.2) is 0 Å². The minimum absolute atomic E-state index is 0.0928. The Morgan fingerprint density at radius 3 is 2.61 bits per heavy atom. The van der Waals surface area contributed by atoms with Gasteiger partial charge < -0.3 is 0 Å². The largest absolute Gasteiger partial charge is 0.271 e. The highest BCUT2D eigenvalue weighted by Crippen LogP contribution is 2.30. The smallest absolute Gasteiger partial charge is 0.0805 e. The Morgan fingerprint density at radius 2 is 2.00 bits per heavy atom. The van der Waals surface area contributed by atoms with Gasteiger partial charge in [0.15, 0.2) is 0 Å². The van der Waals surface area contributed by atoms with Crippen LogP contribution in [-0.2, 0) is 6.42 Å². The zero-order valence-electron chi connectivity index (χ0n) is 11.2. The van der Waals surface area contributed by atoms with Crippen LogP contribution >= 0.6 is 11.3 Å². The van der Waals surface area contributed by atoms with Gasteiger partial charge in [-0.05, 0) is 43.5 Å². The monoisotopic (exact) mass is 260 g/mol. The number of aryl methyl sites for hydroxylation is 3. The van der Waals surface area contributed by atoms with Gasteiger partial charge in [0.1, 0.15) is 0 Å². The van der Waals surface area contributed by atoms with Gasteiger partial charge in [-0.15, -0.1) is 11.3 Å². The van der Waals surface area contributed by atoms with Gasteiger partial charge in [-0.1, -0.05) is 30.7 Å². The second kappa shape index (κ2) is 5.65. The maximum absolute atomic E-state index is 5.76. The minimum atomic E-state index is 0.0928. The van der Waals surface area contributed by atoms with E-state index in [1.54, 1.807) is 0 Å². The van der Waals surface area contributed by atoms with Crippen molar-refractivity contribution in [3.8, 4) is 0 Å². The molecule has 0 aliphatic rings. The maximum Gasteiger partial charge on any atom is 0.0805 e. The third kappa shape index (κ3) is 2.64. The van der Waals surface area contributed by atoms with E-state index in [1.807, 2.05) is 11.3 Å². The van der Waals surface area contributed by atoms with Crippen molar-refractivity contribution in [1.29, 1.82) is 0 Å². The predicted octanol–water partition coefficient (Wildman–Crippen LogP) is 3.48. The summed E-state index contributed by atoms with van der Waals surface area (Å²) in [4.78, 5) is 2.68. The Labute approximate surface area is 113 Å². The first-order chi connectivity index (χ1) is 8.65. The highest BCUT2D eigenvalue weighted by molar-refractivity contribution is 7.12. The zero-order chi connectivity index (χ0) is 13.1. The summed E-state index contributed by atoms with van der Waals surface area (Å²) in [5.74, 6) is 5.76. The van der Waals surface area contributed by atoms with E-state index < -0.39 is 0 Å². The van der Waals surface area contributed by atoms with Crippen molar-refractivity contribution >= 4 is 11.3 Å². The summed E-state index contributed by atoms with van der Waals surface area (Å²) in [5.41, 5.74) is 6.76. The average molecular weight is 260 g/mol. The van der Waals surface area contributed by atoms with E-state index in [4.69, 9.17) is 5.84 Å². The molecule has 1 atom stereocenters. The molecule has 96 valence electrons. The number of hydrogen-bond donors (Lipinski definition) is 2. The molecule has 2 aromatic rings. The van der Waals surface area contributed by atoms with Gasteiger partial charge in [-0.2, -0.15) is 0 Å². The number of nitrogens with one attached hydrogen (secondary N) is 1. The fourth-order valence-corrected chi connectivity index (χ4v) is 3.17. The first-order valence-electron chi connectivity index (χ1n) is 6.27. The molecule has 1 aromatic heterocycles. The maximum atomic E-state index is 5.76. The summed E-state index contributed by atoms with van der Waals surface area (Å²) in [6.07, 6.45) is 1.08. The van der Waals surface area contributed by atoms with Crippen LogP contribution in [0.5, 0.6) is 0 Å². The van der Waals surface area contributed by atoms with Crippen molar-refractivity contribution in [2.24, 2.45) is 5.84 Å². The summed E-state index contributed by atoms with van der Waals surface area (Å²) in [6, 6.07) is 11.0. The van der Waals surface area contributed by atoms with Crippen molar-refractivity contribution in [1.82, 2.24) is 5.43 Å². The van der Waals surface area contributed by atoms with E-state index in [0.29, 0.717) is 0 Å². The summed E-state index contributed by atoms with van der Waals surface area (Å²) < 4.78 is 0. The molecule has 0 radical (unpaired) electrons. The number of hydrogen-bond acceptors (Lipinski definition) is 3. The molecule has 18 heavy (non-hydrogen) atoms. The first kappa shape index (κ1) is 13.3. The molecule has 3 heteroatoms. The molecule has 1 unspecified atom stereocenters. The minimum Gasteiger partial charge on any atom is -0.271 e. The van der Waals surface area contributed by atoms with Crippen LogP contribution in [0.2, 0.25) is 0 Å². The molecule has 0 aliphatic carbocycles. The third-order valence-corrected chi connectivity index (χ3v) is 4.52. The Hall–Kier alpha value is -1.16. The van der Waals surface area contributed by atoms with E-state index in [-0.39, 0.29) is 6.04 Å². The molecule has 0 bridgehead atoms. The molecule has 3 N–H and O–H groups in total. The van der Waals surface area contributed by atoms with Crippen LogP contribution in [0.4, 0.5) is 0 Å². The summed E-state index contributed by atoms with van der Waals surface area (Å²) in [5, 5.41) is 0. The van der Waals surface area contributed by atoms with Gasteiger partial charge in [0, 0.05) is 9.75 Å². The van der Waals surface area contributed by atoms with E-state index >= 15 is 0 Å². The highest BCUT2D eigenvalue weighted by atomic mass is 32.1. The van der Waals surface area contributed by atoms with Crippen LogP contribution in [0, 0.1) is 13.8 Å². The van der Waals surface area contributed by atoms with Gasteiger partial charge in [-0.25, -0.2) is 5.43 Å². The number of hydrazine groups is 1. The molecule has 2 nitrogen and oxygen atoms in total. The lowest BCUT2D eigenvalue weighted by Gasteiger charge is -2.18. The third-order valence-electron chi connectivity index (χ3n) is 3.23. The Morgan fingerprint density at radius 1 is 1.22 bits per heavy atom. The molecule has 2 rings (SSSR count). The molecule has 0 spiro atoms. The Kier molecular flexibility index (Phi) is 4.17. The van der Waals surface area contributed by atoms with E-state index in [1.165, 1.54) is 26.4 Å². The number of rotatable bonds is 4. The van der Waals surface area contributed by atoms with Crippen molar-refractivity contribution < 1.29 is 0 Å². The SMILES string of the molecule is CCc1ccc(C(NN)c2cc(C)ccc2C)s1. The quantitative estimate of drug-likeness (QED) is 0.652. The van der Waals surface area contributed by atoms with Crippen LogP contribution in [0.15, 0.2) is 30.3 Å². The Bertz CT molecular complexity index is 531. The van der Waals surface area contributed by atoms with Crippen molar-refractivity contribution in [3.63, 3.8) is 0 Å². The van der Waals surface area contributed by atoms with E-state index in [0.717, 1.165) is 6.42 Å².